The van der Waals surface area contributed by atoms with Gasteiger partial charge in [-0.25, -0.2) is 9.59 Å². The molecule has 10 heteroatoms. The number of benzene rings is 2. The standard InChI is InChI=1S/C28H34N4O6/c1-28(2,3)38-27(36)32-22(13-14-24(29)33)25(34)31-23(26(35)37-17-18-9-5-4-6-10-18)15-19-16-30-21-12-8-7-11-20(19)21/h4-12,16,22-23,30H,13-15,17H2,1-3H3,(H2,29,33)(H,31,34)(H,32,36). The molecule has 2 aromatic carbocycles. The minimum absolute atomic E-state index is 0.0290. The average Bonchev–Trinajstić information content (AvgIpc) is 3.26. The van der Waals surface area contributed by atoms with Gasteiger partial charge in [0.15, 0.2) is 0 Å². The number of esters is 1. The van der Waals surface area contributed by atoms with Crippen molar-refractivity contribution in [2.24, 2.45) is 5.73 Å². The first-order valence-corrected chi connectivity index (χ1v) is 12.4. The fourth-order valence-corrected chi connectivity index (χ4v) is 3.82. The lowest BCUT2D eigenvalue weighted by atomic mass is 10.0. The van der Waals surface area contributed by atoms with E-state index in [9.17, 15) is 19.2 Å². The number of alkyl carbamates (subject to hydrolysis) is 1. The summed E-state index contributed by atoms with van der Waals surface area (Å²) in [6.07, 6.45) is 0.858. The van der Waals surface area contributed by atoms with E-state index in [0.29, 0.717) is 0 Å². The molecule has 38 heavy (non-hydrogen) atoms. The molecule has 0 aliphatic heterocycles. The van der Waals surface area contributed by atoms with Crippen LogP contribution in [0, 0.1) is 0 Å². The summed E-state index contributed by atoms with van der Waals surface area (Å²) in [6.45, 7) is 5.09. The topological polar surface area (TPSA) is 153 Å². The van der Waals surface area contributed by atoms with Gasteiger partial charge in [-0.3, -0.25) is 9.59 Å². The normalized spacial score (nSPS) is 12.8. The monoisotopic (exact) mass is 522 g/mol. The minimum Gasteiger partial charge on any atom is -0.459 e. The summed E-state index contributed by atoms with van der Waals surface area (Å²) in [4.78, 5) is 53.4. The van der Waals surface area contributed by atoms with Gasteiger partial charge in [0, 0.05) is 29.9 Å². The molecule has 1 heterocycles. The van der Waals surface area contributed by atoms with Gasteiger partial charge >= 0.3 is 12.1 Å². The summed E-state index contributed by atoms with van der Waals surface area (Å²) in [5.41, 5.74) is 6.95. The Morgan fingerprint density at radius 3 is 2.32 bits per heavy atom. The number of para-hydroxylation sites is 1. The van der Waals surface area contributed by atoms with Crippen LogP contribution in [0.1, 0.15) is 44.7 Å². The number of aromatic nitrogens is 1. The predicted molar refractivity (Wildman–Crippen MR) is 142 cm³/mol. The Morgan fingerprint density at radius 1 is 0.947 bits per heavy atom. The van der Waals surface area contributed by atoms with Crippen molar-refractivity contribution in [1.29, 1.82) is 0 Å². The lowest BCUT2D eigenvalue weighted by Gasteiger charge is -2.25. The van der Waals surface area contributed by atoms with E-state index in [4.69, 9.17) is 15.2 Å². The molecule has 10 nitrogen and oxygen atoms in total. The van der Waals surface area contributed by atoms with Gasteiger partial charge in [-0.05, 0) is 44.4 Å². The smallest absolute Gasteiger partial charge is 0.408 e. The van der Waals surface area contributed by atoms with Crippen molar-refractivity contribution in [3.8, 4) is 0 Å². The van der Waals surface area contributed by atoms with Gasteiger partial charge in [0.05, 0.1) is 0 Å². The maximum absolute atomic E-state index is 13.3. The summed E-state index contributed by atoms with van der Waals surface area (Å²) >= 11 is 0. The number of nitrogens with two attached hydrogens (primary N) is 1. The predicted octanol–water partition coefficient (Wildman–Crippen LogP) is 3.10. The Labute approximate surface area is 221 Å². The average molecular weight is 523 g/mol. The first-order chi connectivity index (χ1) is 18.0. The molecule has 3 aromatic rings. The molecule has 0 radical (unpaired) electrons. The van der Waals surface area contributed by atoms with Crippen LogP contribution in [0.4, 0.5) is 4.79 Å². The van der Waals surface area contributed by atoms with Crippen LogP contribution in [-0.2, 0) is 36.9 Å². The van der Waals surface area contributed by atoms with Crippen molar-refractivity contribution in [3.05, 3.63) is 71.9 Å². The van der Waals surface area contributed by atoms with E-state index in [-0.39, 0.29) is 25.9 Å². The number of aromatic amines is 1. The third-order valence-electron chi connectivity index (χ3n) is 5.61. The Hall–Kier alpha value is -4.34. The van der Waals surface area contributed by atoms with E-state index in [1.54, 1.807) is 27.0 Å². The van der Waals surface area contributed by atoms with Crippen LogP contribution in [-0.4, -0.2) is 46.5 Å². The molecule has 0 fully saturated rings. The molecule has 2 unspecified atom stereocenters. The summed E-state index contributed by atoms with van der Waals surface area (Å²) in [6, 6.07) is 14.5. The van der Waals surface area contributed by atoms with E-state index >= 15 is 0 Å². The number of carbonyl (C=O) groups excluding carboxylic acids is 4. The number of amides is 3. The van der Waals surface area contributed by atoms with E-state index in [1.165, 1.54) is 0 Å². The van der Waals surface area contributed by atoms with Crippen molar-refractivity contribution >= 4 is 34.8 Å². The molecule has 3 amide bonds. The molecule has 3 rings (SSSR count). The quantitative estimate of drug-likeness (QED) is 0.284. The van der Waals surface area contributed by atoms with Gasteiger partial charge in [0.1, 0.15) is 24.3 Å². The molecule has 202 valence electrons. The van der Waals surface area contributed by atoms with E-state index in [1.807, 2.05) is 54.6 Å². The Kier molecular flexibility index (Phi) is 9.48. The highest BCUT2D eigenvalue weighted by Crippen LogP contribution is 2.20. The lowest BCUT2D eigenvalue weighted by molar-refractivity contribution is -0.149. The van der Waals surface area contributed by atoms with Crippen molar-refractivity contribution in [2.75, 3.05) is 0 Å². The zero-order chi connectivity index (χ0) is 27.7. The first-order valence-electron chi connectivity index (χ1n) is 12.4. The fraction of sp³-hybridized carbons (Fsp3) is 0.357. The highest BCUT2D eigenvalue weighted by atomic mass is 16.6. The highest BCUT2D eigenvalue weighted by Gasteiger charge is 2.30. The second-order valence-corrected chi connectivity index (χ2v) is 9.92. The summed E-state index contributed by atoms with van der Waals surface area (Å²) in [5, 5.41) is 6.08. The molecule has 0 saturated heterocycles. The molecule has 0 bridgehead atoms. The number of rotatable bonds is 11. The minimum atomic E-state index is -1.16. The maximum Gasteiger partial charge on any atom is 0.408 e. The number of hydrogen-bond donors (Lipinski definition) is 4. The van der Waals surface area contributed by atoms with Gasteiger partial charge < -0.3 is 30.8 Å². The first kappa shape index (κ1) is 28.2. The zero-order valence-electron chi connectivity index (χ0n) is 21.8. The van der Waals surface area contributed by atoms with Crippen LogP contribution >= 0.6 is 0 Å². The largest absolute Gasteiger partial charge is 0.459 e. The number of H-pyrrole nitrogens is 1. The number of carbonyl (C=O) groups is 4. The van der Waals surface area contributed by atoms with Crippen molar-refractivity contribution in [3.63, 3.8) is 0 Å². The molecule has 0 saturated carbocycles. The molecular weight excluding hydrogens is 488 g/mol. The zero-order valence-corrected chi connectivity index (χ0v) is 21.8. The van der Waals surface area contributed by atoms with E-state index < -0.39 is 41.6 Å². The number of ether oxygens (including phenoxy) is 2. The van der Waals surface area contributed by atoms with Gasteiger partial charge in [-0.1, -0.05) is 48.5 Å². The van der Waals surface area contributed by atoms with Crippen molar-refractivity contribution < 1.29 is 28.7 Å². The molecule has 0 aliphatic rings. The molecule has 0 aliphatic carbocycles. The summed E-state index contributed by atoms with van der Waals surface area (Å²) in [5.74, 6) is -1.94. The van der Waals surface area contributed by atoms with Crippen LogP contribution in [0.25, 0.3) is 10.9 Å². The Morgan fingerprint density at radius 2 is 1.63 bits per heavy atom. The summed E-state index contributed by atoms with van der Waals surface area (Å²) in [7, 11) is 0. The molecule has 2 atom stereocenters. The Bertz CT molecular complexity index is 1270. The lowest BCUT2D eigenvalue weighted by Crippen LogP contribution is -2.53. The van der Waals surface area contributed by atoms with Gasteiger partial charge in [0.25, 0.3) is 0 Å². The van der Waals surface area contributed by atoms with Gasteiger partial charge in [0.2, 0.25) is 11.8 Å². The van der Waals surface area contributed by atoms with Crippen LogP contribution < -0.4 is 16.4 Å². The second-order valence-electron chi connectivity index (χ2n) is 9.92. The molecular formula is C28H34N4O6. The molecule has 5 N–H and O–H groups in total. The van der Waals surface area contributed by atoms with Crippen molar-refractivity contribution in [1.82, 2.24) is 15.6 Å². The number of nitrogens with one attached hydrogen (secondary N) is 3. The van der Waals surface area contributed by atoms with Crippen LogP contribution in [0.3, 0.4) is 0 Å². The third-order valence-corrected chi connectivity index (χ3v) is 5.61. The Balaban J connectivity index is 1.80. The number of primary amides is 1. The van der Waals surface area contributed by atoms with Crippen LogP contribution in [0.2, 0.25) is 0 Å². The highest BCUT2D eigenvalue weighted by molar-refractivity contribution is 5.91. The number of hydrogen-bond acceptors (Lipinski definition) is 6. The fourth-order valence-electron chi connectivity index (χ4n) is 3.82. The maximum atomic E-state index is 13.3. The van der Waals surface area contributed by atoms with Crippen molar-refractivity contribution in [2.45, 2.75) is 64.3 Å². The van der Waals surface area contributed by atoms with Gasteiger partial charge in [-0.15, -0.1) is 0 Å². The third kappa shape index (κ3) is 8.65. The van der Waals surface area contributed by atoms with E-state index in [0.717, 1.165) is 22.0 Å². The summed E-state index contributed by atoms with van der Waals surface area (Å²) < 4.78 is 10.8. The second kappa shape index (κ2) is 12.8. The number of fused-ring (bicyclic) bond motifs is 1. The molecule has 1 aromatic heterocycles. The molecule has 0 spiro atoms. The van der Waals surface area contributed by atoms with Gasteiger partial charge in [-0.2, -0.15) is 0 Å². The van der Waals surface area contributed by atoms with Crippen LogP contribution in [0.15, 0.2) is 60.8 Å². The van der Waals surface area contributed by atoms with E-state index in [2.05, 4.69) is 15.6 Å². The van der Waals surface area contributed by atoms with Crippen LogP contribution in [0.5, 0.6) is 0 Å². The SMILES string of the molecule is CC(C)(C)OC(=O)NC(CCC(N)=O)C(=O)NC(Cc1c[nH]c2ccccc12)C(=O)OCc1ccccc1.